The van der Waals surface area contributed by atoms with E-state index >= 15 is 0 Å². The third kappa shape index (κ3) is 2.85. The molecule has 0 bridgehead atoms. The molecular weight excluding hydrogens is 268 g/mol. The van der Waals surface area contributed by atoms with Gasteiger partial charge in [-0.05, 0) is 33.7 Å². The van der Waals surface area contributed by atoms with Crippen molar-refractivity contribution in [3.8, 4) is 0 Å². The van der Waals surface area contributed by atoms with E-state index in [2.05, 4.69) is 35.8 Å². The van der Waals surface area contributed by atoms with Crippen LogP contribution in [0.3, 0.4) is 0 Å². The summed E-state index contributed by atoms with van der Waals surface area (Å²) in [7, 11) is 2.06. The minimum atomic E-state index is -0.256. The Bertz CT molecular complexity index is 618. The standard InChI is InChI=1S/C15H22N4O2/c1-15(2)9-18(3)6-7-19(15)14(21)11-8-12(20)17-13(16-11)10-4-5-10/h8,10H,4-7,9H2,1-3H3,(H,16,17,20). The highest BCUT2D eigenvalue weighted by atomic mass is 16.2. The largest absolute Gasteiger partial charge is 0.330 e. The number of hydrogen-bond acceptors (Lipinski definition) is 4. The third-order valence-corrected chi connectivity index (χ3v) is 4.28. The summed E-state index contributed by atoms with van der Waals surface area (Å²) in [5, 5.41) is 0. The molecule has 0 atom stereocenters. The van der Waals surface area contributed by atoms with Crippen molar-refractivity contribution < 1.29 is 4.79 Å². The van der Waals surface area contributed by atoms with E-state index in [4.69, 9.17) is 0 Å². The Morgan fingerprint density at radius 1 is 1.38 bits per heavy atom. The highest BCUT2D eigenvalue weighted by Gasteiger charge is 2.37. The van der Waals surface area contributed by atoms with Crippen LogP contribution in [0.25, 0.3) is 0 Å². The molecule has 6 nitrogen and oxygen atoms in total. The Balaban J connectivity index is 1.89. The second-order valence-electron chi connectivity index (χ2n) is 6.80. The molecule has 2 heterocycles. The van der Waals surface area contributed by atoms with Gasteiger partial charge in [0.2, 0.25) is 0 Å². The maximum Gasteiger partial charge on any atom is 0.273 e. The van der Waals surface area contributed by atoms with Gasteiger partial charge in [0.05, 0.1) is 5.54 Å². The Labute approximate surface area is 124 Å². The molecule has 1 aromatic heterocycles. The lowest BCUT2D eigenvalue weighted by Gasteiger charge is -2.45. The summed E-state index contributed by atoms with van der Waals surface area (Å²) >= 11 is 0. The van der Waals surface area contributed by atoms with Crippen molar-refractivity contribution in [2.45, 2.75) is 38.1 Å². The Kier molecular flexibility index (Phi) is 3.36. The Morgan fingerprint density at radius 2 is 2.10 bits per heavy atom. The maximum absolute atomic E-state index is 12.8. The number of amides is 1. The number of likely N-dealkylation sites (N-methyl/N-ethyl adjacent to an activating group) is 1. The number of hydrogen-bond donors (Lipinski definition) is 1. The third-order valence-electron chi connectivity index (χ3n) is 4.28. The quantitative estimate of drug-likeness (QED) is 0.875. The molecule has 3 rings (SSSR count). The second-order valence-corrected chi connectivity index (χ2v) is 6.80. The zero-order valence-corrected chi connectivity index (χ0v) is 12.8. The van der Waals surface area contributed by atoms with E-state index in [1.54, 1.807) is 0 Å². The average Bonchev–Trinajstić information content (AvgIpc) is 3.20. The molecule has 2 aliphatic rings. The molecule has 114 valence electrons. The summed E-state index contributed by atoms with van der Waals surface area (Å²) in [4.78, 5) is 35.7. The molecular formula is C15H22N4O2. The molecule has 0 unspecified atom stereocenters. The molecule has 1 aliphatic heterocycles. The van der Waals surface area contributed by atoms with Gasteiger partial charge in [-0.25, -0.2) is 4.98 Å². The lowest BCUT2D eigenvalue weighted by atomic mass is 9.98. The molecule has 0 spiro atoms. The minimum absolute atomic E-state index is 0.138. The molecule has 21 heavy (non-hydrogen) atoms. The van der Waals surface area contributed by atoms with Crippen LogP contribution in [0.5, 0.6) is 0 Å². The van der Waals surface area contributed by atoms with Gasteiger partial charge >= 0.3 is 0 Å². The first-order valence-corrected chi connectivity index (χ1v) is 7.48. The van der Waals surface area contributed by atoms with Crippen LogP contribution >= 0.6 is 0 Å². The van der Waals surface area contributed by atoms with Gasteiger partial charge in [0, 0.05) is 31.6 Å². The van der Waals surface area contributed by atoms with Crippen LogP contribution in [-0.2, 0) is 0 Å². The number of H-pyrrole nitrogens is 1. The van der Waals surface area contributed by atoms with Crippen molar-refractivity contribution in [3.05, 3.63) is 27.9 Å². The summed E-state index contributed by atoms with van der Waals surface area (Å²) in [6, 6.07) is 1.32. The molecule has 0 aromatic carbocycles. The zero-order chi connectivity index (χ0) is 15.2. The molecule has 1 aromatic rings. The summed E-state index contributed by atoms with van der Waals surface area (Å²) in [6.45, 7) is 6.42. The molecule has 1 saturated heterocycles. The van der Waals surface area contributed by atoms with E-state index in [1.165, 1.54) is 6.07 Å². The van der Waals surface area contributed by atoms with E-state index in [-0.39, 0.29) is 22.7 Å². The summed E-state index contributed by atoms with van der Waals surface area (Å²) in [5.41, 5.74) is -0.214. The van der Waals surface area contributed by atoms with Crippen molar-refractivity contribution in [1.82, 2.24) is 19.8 Å². The van der Waals surface area contributed by atoms with Crippen molar-refractivity contribution in [2.75, 3.05) is 26.7 Å². The van der Waals surface area contributed by atoms with E-state index in [9.17, 15) is 9.59 Å². The Morgan fingerprint density at radius 3 is 2.71 bits per heavy atom. The van der Waals surface area contributed by atoms with Crippen LogP contribution in [-0.4, -0.2) is 57.9 Å². The number of carbonyl (C=O) groups is 1. The van der Waals surface area contributed by atoms with Crippen LogP contribution in [0.15, 0.2) is 10.9 Å². The van der Waals surface area contributed by atoms with Gasteiger partial charge in [-0.2, -0.15) is 0 Å². The van der Waals surface area contributed by atoms with Gasteiger partial charge < -0.3 is 14.8 Å². The molecule has 2 fully saturated rings. The normalized spacial score (nSPS) is 22.3. The molecule has 0 radical (unpaired) electrons. The van der Waals surface area contributed by atoms with Gasteiger partial charge in [0.15, 0.2) is 0 Å². The fraction of sp³-hybridized carbons (Fsp3) is 0.667. The average molecular weight is 290 g/mol. The van der Waals surface area contributed by atoms with Crippen LogP contribution in [0, 0.1) is 0 Å². The first-order valence-electron chi connectivity index (χ1n) is 7.48. The van der Waals surface area contributed by atoms with Gasteiger partial charge in [0.1, 0.15) is 11.5 Å². The van der Waals surface area contributed by atoms with Crippen LogP contribution < -0.4 is 5.56 Å². The lowest BCUT2D eigenvalue weighted by molar-refractivity contribution is 0.0243. The van der Waals surface area contributed by atoms with Crippen LogP contribution in [0.4, 0.5) is 0 Å². The van der Waals surface area contributed by atoms with E-state index in [0.717, 1.165) is 25.9 Å². The van der Waals surface area contributed by atoms with Gasteiger partial charge in [-0.3, -0.25) is 9.59 Å². The van der Waals surface area contributed by atoms with Gasteiger partial charge in [-0.15, -0.1) is 0 Å². The molecule has 1 aliphatic carbocycles. The number of aromatic amines is 1. The van der Waals surface area contributed by atoms with E-state index < -0.39 is 0 Å². The van der Waals surface area contributed by atoms with Crippen LogP contribution in [0.1, 0.15) is 48.9 Å². The van der Waals surface area contributed by atoms with E-state index in [1.807, 2.05) is 4.90 Å². The second kappa shape index (κ2) is 4.94. The van der Waals surface area contributed by atoms with Crippen LogP contribution in [0.2, 0.25) is 0 Å². The summed E-state index contributed by atoms with van der Waals surface area (Å²) in [5.74, 6) is 0.852. The van der Waals surface area contributed by atoms with Gasteiger partial charge in [-0.1, -0.05) is 0 Å². The number of carbonyl (C=O) groups excluding carboxylic acids is 1. The van der Waals surface area contributed by atoms with E-state index in [0.29, 0.717) is 18.3 Å². The molecule has 1 N–H and O–H groups in total. The van der Waals surface area contributed by atoms with Crippen molar-refractivity contribution in [3.63, 3.8) is 0 Å². The summed E-state index contributed by atoms with van der Waals surface area (Å²) in [6.07, 6.45) is 2.08. The fourth-order valence-corrected chi connectivity index (χ4v) is 3.05. The summed E-state index contributed by atoms with van der Waals surface area (Å²) < 4.78 is 0. The Hall–Kier alpha value is -1.69. The topological polar surface area (TPSA) is 69.3 Å². The monoisotopic (exact) mass is 290 g/mol. The smallest absolute Gasteiger partial charge is 0.273 e. The first kappa shape index (κ1) is 14.3. The predicted octanol–water partition coefficient (Wildman–Crippen LogP) is 0.813. The number of nitrogens with one attached hydrogen (secondary N) is 1. The first-order chi connectivity index (χ1) is 9.87. The number of piperazine rings is 1. The maximum atomic E-state index is 12.8. The molecule has 6 heteroatoms. The lowest BCUT2D eigenvalue weighted by Crippen LogP contribution is -2.60. The minimum Gasteiger partial charge on any atom is -0.330 e. The number of rotatable bonds is 2. The molecule has 1 amide bonds. The predicted molar refractivity (Wildman–Crippen MR) is 79.4 cm³/mol. The number of aromatic nitrogens is 2. The van der Waals surface area contributed by atoms with Crippen molar-refractivity contribution >= 4 is 5.91 Å². The van der Waals surface area contributed by atoms with Crippen molar-refractivity contribution in [1.29, 1.82) is 0 Å². The van der Waals surface area contributed by atoms with Crippen molar-refractivity contribution in [2.24, 2.45) is 0 Å². The molecule has 1 saturated carbocycles. The highest BCUT2D eigenvalue weighted by molar-refractivity contribution is 5.92. The number of nitrogens with zero attached hydrogens (tertiary/aromatic N) is 3. The zero-order valence-electron chi connectivity index (χ0n) is 12.8. The van der Waals surface area contributed by atoms with Gasteiger partial charge in [0.25, 0.3) is 11.5 Å². The SMILES string of the molecule is CN1CCN(C(=O)c2cc(=O)[nH]c(C3CC3)n2)C(C)(C)C1. The highest BCUT2D eigenvalue weighted by Crippen LogP contribution is 2.37. The fourth-order valence-electron chi connectivity index (χ4n) is 3.05.